The van der Waals surface area contributed by atoms with Crippen molar-refractivity contribution in [3.8, 4) is 0 Å². The average Bonchev–Trinajstić information content (AvgIpc) is 2.40. The molecular formula is C9H10N2S. The summed E-state index contributed by atoms with van der Waals surface area (Å²) < 4.78 is 0. The van der Waals surface area contributed by atoms with Crippen LogP contribution in [0, 0.1) is 6.92 Å². The molecule has 0 bridgehead atoms. The highest BCUT2D eigenvalue weighted by molar-refractivity contribution is 7.98. The Morgan fingerprint density at radius 3 is 3.08 bits per heavy atom. The van der Waals surface area contributed by atoms with E-state index in [2.05, 4.69) is 23.1 Å². The maximum Gasteiger partial charge on any atom is 0.0654 e. The molecule has 0 aromatic carbocycles. The average molecular weight is 178 g/mol. The summed E-state index contributed by atoms with van der Waals surface area (Å²) in [6.45, 7) is 2.09. The largest absolute Gasteiger partial charge is 0.356 e. The lowest BCUT2D eigenvalue weighted by molar-refractivity contribution is 1.23. The SMILES string of the molecule is CSc1c(C)[nH]c2cnccc12. The molecule has 2 heterocycles. The quantitative estimate of drug-likeness (QED) is 0.680. The van der Waals surface area contributed by atoms with Gasteiger partial charge in [-0.25, -0.2) is 0 Å². The lowest BCUT2D eigenvalue weighted by Crippen LogP contribution is -1.70. The molecule has 0 aliphatic carbocycles. The van der Waals surface area contributed by atoms with E-state index in [9.17, 15) is 0 Å². The van der Waals surface area contributed by atoms with E-state index in [0.717, 1.165) is 5.52 Å². The van der Waals surface area contributed by atoms with Crippen molar-refractivity contribution in [3.63, 3.8) is 0 Å². The van der Waals surface area contributed by atoms with Gasteiger partial charge in [-0.05, 0) is 19.2 Å². The Morgan fingerprint density at radius 2 is 2.33 bits per heavy atom. The van der Waals surface area contributed by atoms with Crippen LogP contribution in [0.25, 0.3) is 10.9 Å². The van der Waals surface area contributed by atoms with Crippen molar-refractivity contribution in [1.29, 1.82) is 0 Å². The first-order valence-corrected chi connectivity index (χ1v) is 5.01. The molecule has 0 saturated heterocycles. The van der Waals surface area contributed by atoms with Crippen molar-refractivity contribution in [2.75, 3.05) is 6.26 Å². The standard InChI is InChI=1S/C9H10N2S/c1-6-9(12-2)7-3-4-10-5-8(7)11-6/h3-5,11H,1-2H3. The maximum atomic E-state index is 4.06. The van der Waals surface area contributed by atoms with Crippen molar-refractivity contribution in [2.45, 2.75) is 11.8 Å². The minimum atomic E-state index is 1.12. The van der Waals surface area contributed by atoms with Crippen molar-refractivity contribution in [1.82, 2.24) is 9.97 Å². The Morgan fingerprint density at radius 1 is 1.50 bits per heavy atom. The van der Waals surface area contributed by atoms with Crippen LogP contribution >= 0.6 is 11.8 Å². The monoisotopic (exact) mass is 178 g/mol. The van der Waals surface area contributed by atoms with Crippen molar-refractivity contribution < 1.29 is 0 Å². The summed E-state index contributed by atoms with van der Waals surface area (Å²) in [5.74, 6) is 0. The fourth-order valence-corrected chi connectivity index (χ4v) is 2.17. The Balaban J connectivity index is 2.81. The molecule has 62 valence electrons. The molecule has 1 N–H and O–H groups in total. The Bertz CT molecular complexity index is 406. The summed E-state index contributed by atoms with van der Waals surface area (Å²) in [7, 11) is 0. The Hall–Kier alpha value is -0.960. The summed E-state index contributed by atoms with van der Waals surface area (Å²) in [5, 5.41) is 1.27. The summed E-state index contributed by atoms with van der Waals surface area (Å²) >= 11 is 1.77. The normalized spacial score (nSPS) is 10.8. The number of fused-ring (bicyclic) bond motifs is 1. The van der Waals surface area contributed by atoms with Crippen LogP contribution in [0.15, 0.2) is 23.4 Å². The van der Waals surface area contributed by atoms with E-state index in [1.165, 1.54) is 16.0 Å². The molecule has 0 atom stereocenters. The molecule has 2 aromatic heterocycles. The van der Waals surface area contributed by atoms with Gasteiger partial charge < -0.3 is 4.98 Å². The van der Waals surface area contributed by atoms with Gasteiger partial charge in [0.15, 0.2) is 0 Å². The van der Waals surface area contributed by atoms with E-state index < -0.39 is 0 Å². The van der Waals surface area contributed by atoms with Gasteiger partial charge in [-0.2, -0.15) is 0 Å². The van der Waals surface area contributed by atoms with E-state index >= 15 is 0 Å². The molecule has 0 unspecified atom stereocenters. The zero-order valence-corrected chi connectivity index (χ0v) is 7.90. The third-order valence-electron chi connectivity index (χ3n) is 1.93. The van der Waals surface area contributed by atoms with Gasteiger partial charge in [0.1, 0.15) is 0 Å². The summed E-state index contributed by atoms with van der Waals surface area (Å²) in [4.78, 5) is 8.68. The number of aryl methyl sites for hydroxylation is 1. The first-order chi connectivity index (χ1) is 5.83. The van der Waals surface area contributed by atoms with Crippen molar-refractivity contribution in [3.05, 3.63) is 24.2 Å². The lowest BCUT2D eigenvalue weighted by Gasteiger charge is -1.92. The zero-order valence-electron chi connectivity index (χ0n) is 7.09. The molecule has 0 fully saturated rings. The number of rotatable bonds is 1. The number of thioether (sulfide) groups is 1. The molecule has 0 aliphatic rings. The number of pyridine rings is 1. The van der Waals surface area contributed by atoms with Gasteiger partial charge in [0.2, 0.25) is 0 Å². The second kappa shape index (κ2) is 2.83. The first kappa shape index (κ1) is 7.68. The fourth-order valence-electron chi connectivity index (χ4n) is 1.42. The molecule has 2 aromatic rings. The van der Waals surface area contributed by atoms with E-state index in [1.807, 2.05) is 18.5 Å². The second-order valence-corrected chi connectivity index (χ2v) is 3.52. The van der Waals surface area contributed by atoms with Crippen LogP contribution in [0.5, 0.6) is 0 Å². The second-order valence-electron chi connectivity index (χ2n) is 2.70. The van der Waals surface area contributed by atoms with Gasteiger partial charge in [0, 0.05) is 22.2 Å². The number of aromatic nitrogens is 2. The molecule has 0 radical (unpaired) electrons. The Kier molecular flexibility index (Phi) is 1.81. The van der Waals surface area contributed by atoms with E-state index in [4.69, 9.17) is 0 Å². The predicted octanol–water partition coefficient (Wildman–Crippen LogP) is 2.59. The third kappa shape index (κ3) is 1.01. The van der Waals surface area contributed by atoms with E-state index in [0.29, 0.717) is 0 Å². The van der Waals surface area contributed by atoms with Gasteiger partial charge in [0.25, 0.3) is 0 Å². The topological polar surface area (TPSA) is 28.7 Å². The zero-order chi connectivity index (χ0) is 8.55. The number of hydrogen-bond acceptors (Lipinski definition) is 2. The number of H-pyrrole nitrogens is 1. The number of hydrogen-bond donors (Lipinski definition) is 1. The third-order valence-corrected chi connectivity index (χ3v) is 2.87. The van der Waals surface area contributed by atoms with Crippen LogP contribution in [0.4, 0.5) is 0 Å². The predicted molar refractivity (Wildman–Crippen MR) is 52.6 cm³/mol. The molecule has 0 spiro atoms. The summed E-state index contributed by atoms with van der Waals surface area (Å²) in [5.41, 5.74) is 2.35. The minimum Gasteiger partial charge on any atom is -0.356 e. The van der Waals surface area contributed by atoms with Gasteiger partial charge in [-0.3, -0.25) is 4.98 Å². The smallest absolute Gasteiger partial charge is 0.0654 e. The minimum absolute atomic E-state index is 1.12. The first-order valence-electron chi connectivity index (χ1n) is 3.79. The van der Waals surface area contributed by atoms with Crippen LogP contribution in [-0.4, -0.2) is 16.2 Å². The van der Waals surface area contributed by atoms with Crippen LogP contribution in [0.3, 0.4) is 0 Å². The van der Waals surface area contributed by atoms with Crippen LogP contribution < -0.4 is 0 Å². The van der Waals surface area contributed by atoms with Gasteiger partial charge in [-0.15, -0.1) is 11.8 Å². The van der Waals surface area contributed by atoms with Gasteiger partial charge in [-0.1, -0.05) is 0 Å². The highest BCUT2D eigenvalue weighted by Gasteiger charge is 2.05. The molecule has 0 saturated carbocycles. The van der Waals surface area contributed by atoms with Crippen molar-refractivity contribution in [2.24, 2.45) is 0 Å². The molecule has 3 heteroatoms. The molecular weight excluding hydrogens is 168 g/mol. The molecule has 12 heavy (non-hydrogen) atoms. The van der Waals surface area contributed by atoms with Gasteiger partial charge >= 0.3 is 0 Å². The highest BCUT2D eigenvalue weighted by atomic mass is 32.2. The fraction of sp³-hybridized carbons (Fsp3) is 0.222. The van der Waals surface area contributed by atoms with Crippen LogP contribution in [0.2, 0.25) is 0 Å². The molecule has 0 amide bonds. The van der Waals surface area contributed by atoms with Crippen molar-refractivity contribution >= 4 is 22.7 Å². The van der Waals surface area contributed by atoms with Crippen LogP contribution in [-0.2, 0) is 0 Å². The molecule has 0 aliphatic heterocycles. The van der Waals surface area contributed by atoms with Gasteiger partial charge in [0.05, 0.1) is 11.7 Å². The Labute approximate surface area is 75.4 Å². The molecule has 2 nitrogen and oxygen atoms in total. The van der Waals surface area contributed by atoms with Crippen LogP contribution in [0.1, 0.15) is 5.69 Å². The lowest BCUT2D eigenvalue weighted by atomic mass is 10.3. The summed E-state index contributed by atoms with van der Waals surface area (Å²) in [6.07, 6.45) is 5.79. The highest BCUT2D eigenvalue weighted by Crippen LogP contribution is 2.28. The summed E-state index contributed by atoms with van der Waals surface area (Å²) in [6, 6.07) is 2.05. The maximum absolute atomic E-state index is 4.06. The number of nitrogens with zero attached hydrogens (tertiary/aromatic N) is 1. The van der Waals surface area contributed by atoms with E-state index in [-0.39, 0.29) is 0 Å². The number of nitrogens with one attached hydrogen (secondary N) is 1. The number of aromatic amines is 1. The molecule has 2 rings (SSSR count). The van der Waals surface area contributed by atoms with E-state index in [1.54, 1.807) is 11.8 Å².